The number of aliphatic hydroxyl groups excluding tert-OH is 1. The van der Waals surface area contributed by atoms with Gasteiger partial charge in [0.15, 0.2) is 6.29 Å². The molecule has 4 heteroatoms. The van der Waals surface area contributed by atoms with Gasteiger partial charge in [0.1, 0.15) is 0 Å². The van der Waals surface area contributed by atoms with Crippen LogP contribution in [-0.4, -0.2) is 31.1 Å². The second-order valence-corrected chi connectivity index (χ2v) is 4.55. The van der Waals surface area contributed by atoms with Crippen LogP contribution in [0.1, 0.15) is 16.1 Å². The predicted octanol–water partition coefficient (Wildman–Crippen LogP) is 1.38. The Morgan fingerprint density at radius 2 is 2.57 bits per heavy atom. The topological polar surface area (TPSA) is 40.5 Å². The molecule has 76 valence electrons. The zero-order chi connectivity index (χ0) is 9.97. The molecule has 1 aliphatic heterocycles. The van der Waals surface area contributed by atoms with Gasteiger partial charge < -0.3 is 10.0 Å². The number of aldehydes is 1. The maximum atomic E-state index is 10.5. The predicted molar refractivity (Wildman–Crippen MR) is 57.1 cm³/mol. The van der Waals surface area contributed by atoms with Crippen LogP contribution in [0.4, 0.5) is 5.69 Å². The molecule has 1 saturated heterocycles. The van der Waals surface area contributed by atoms with E-state index in [4.69, 9.17) is 5.11 Å². The summed E-state index contributed by atoms with van der Waals surface area (Å²) in [6.07, 6.45) is 1.93. The zero-order valence-electron chi connectivity index (χ0n) is 7.85. The van der Waals surface area contributed by atoms with E-state index in [9.17, 15) is 4.79 Å². The van der Waals surface area contributed by atoms with Gasteiger partial charge in [0, 0.05) is 36.7 Å². The van der Waals surface area contributed by atoms with Gasteiger partial charge in [0.2, 0.25) is 0 Å². The average Bonchev–Trinajstić information content (AvgIpc) is 2.86. The highest BCUT2D eigenvalue weighted by Gasteiger charge is 2.22. The van der Waals surface area contributed by atoms with Gasteiger partial charge in [-0.2, -0.15) is 0 Å². The normalized spacial score (nSPS) is 21.5. The molecule has 3 nitrogen and oxygen atoms in total. The first-order chi connectivity index (χ1) is 6.83. The number of thiophene rings is 1. The molecule has 2 heterocycles. The second kappa shape index (κ2) is 4.11. The summed E-state index contributed by atoms with van der Waals surface area (Å²) in [5.74, 6) is 0.398. The Kier molecular flexibility index (Phi) is 2.84. The van der Waals surface area contributed by atoms with Gasteiger partial charge in [-0.15, -0.1) is 11.3 Å². The first-order valence-corrected chi connectivity index (χ1v) is 5.61. The largest absolute Gasteiger partial charge is 0.396 e. The Morgan fingerprint density at radius 3 is 3.14 bits per heavy atom. The number of anilines is 1. The van der Waals surface area contributed by atoms with Crippen molar-refractivity contribution >= 4 is 23.3 Å². The van der Waals surface area contributed by atoms with Crippen LogP contribution in [0, 0.1) is 5.92 Å². The van der Waals surface area contributed by atoms with E-state index < -0.39 is 0 Å². The molecular formula is C10H13NO2S. The summed E-state index contributed by atoms with van der Waals surface area (Å²) in [6, 6.07) is 1.91. The van der Waals surface area contributed by atoms with E-state index in [1.807, 2.05) is 11.4 Å². The van der Waals surface area contributed by atoms with E-state index in [0.29, 0.717) is 5.92 Å². The number of carbonyl (C=O) groups is 1. The molecule has 1 aliphatic rings. The highest BCUT2D eigenvalue weighted by Crippen LogP contribution is 2.27. The summed E-state index contributed by atoms with van der Waals surface area (Å²) in [6.45, 7) is 2.16. The van der Waals surface area contributed by atoms with E-state index in [-0.39, 0.29) is 6.61 Å². The monoisotopic (exact) mass is 211 g/mol. The molecule has 14 heavy (non-hydrogen) atoms. The Morgan fingerprint density at radius 1 is 1.71 bits per heavy atom. The Balaban J connectivity index is 2.05. The number of nitrogens with zero attached hydrogens (tertiary/aromatic N) is 1. The second-order valence-electron chi connectivity index (χ2n) is 3.61. The minimum absolute atomic E-state index is 0.265. The third kappa shape index (κ3) is 1.81. The zero-order valence-corrected chi connectivity index (χ0v) is 8.67. The lowest BCUT2D eigenvalue weighted by Gasteiger charge is -2.15. The minimum atomic E-state index is 0.265. The molecule has 0 saturated carbocycles. The molecule has 0 aromatic carbocycles. The summed E-state index contributed by atoms with van der Waals surface area (Å²) in [5.41, 5.74) is 1.12. The van der Waals surface area contributed by atoms with Crippen LogP contribution in [0.25, 0.3) is 0 Å². The van der Waals surface area contributed by atoms with Crippen molar-refractivity contribution in [1.82, 2.24) is 0 Å². The molecule has 1 aromatic heterocycles. The quantitative estimate of drug-likeness (QED) is 0.768. The first kappa shape index (κ1) is 9.68. The van der Waals surface area contributed by atoms with Gasteiger partial charge in [0.25, 0.3) is 0 Å². The summed E-state index contributed by atoms with van der Waals surface area (Å²) in [7, 11) is 0. The third-order valence-electron chi connectivity index (χ3n) is 2.63. The summed E-state index contributed by atoms with van der Waals surface area (Å²) in [4.78, 5) is 13.5. The molecule has 0 amide bonds. The molecule has 0 aliphatic carbocycles. The Bertz CT molecular complexity index is 324. The molecule has 2 rings (SSSR count). The molecular weight excluding hydrogens is 198 g/mol. The van der Waals surface area contributed by atoms with Gasteiger partial charge in [-0.25, -0.2) is 0 Å². The first-order valence-electron chi connectivity index (χ1n) is 4.73. The van der Waals surface area contributed by atoms with Crippen LogP contribution in [-0.2, 0) is 0 Å². The summed E-state index contributed by atoms with van der Waals surface area (Å²) in [5, 5.41) is 11.0. The Labute approximate surface area is 87.0 Å². The van der Waals surface area contributed by atoms with Crippen molar-refractivity contribution in [1.29, 1.82) is 0 Å². The number of rotatable bonds is 3. The highest BCUT2D eigenvalue weighted by atomic mass is 32.1. The van der Waals surface area contributed by atoms with Gasteiger partial charge in [-0.3, -0.25) is 4.79 Å². The lowest BCUT2D eigenvalue weighted by Crippen LogP contribution is -2.19. The van der Waals surface area contributed by atoms with E-state index in [1.54, 1.807) is 0 Å². The van der Waals surface area contributed by atoms with Crippen molar-refractivity contribution in [3.8, 4) is 0 Å². The maximum Gasteiger partial charge on any atom is 0.160 e. The lowest BCUT2D eigenvalue weighted by atomic mass is 10.1. The minimum Gasteiger partial charge on any atom is -0.396 e. The molecule has 1 fully saturated rings. The molecule has 0 spiro atoms. The maximum absolute atomic E-state index is 10.5. The number of hydrogen-bond donors (Lipinski definition) is 1. The molecule has 0 bridgehead atoms. The lowest BCUT2D eigenvalue weighted by molar-refractivity contribution is 0.112. The SMILES string of the molecule is O=Cc1cc(N2CCC(CO)C2)cs1. The molecule has 1 unspecified atom stereocenters. The van der Waals surface area contributed by atoms with Crippen LogP contribution < -0.4 is 4.90 Å². The smallest absolute Gasteiger partial charge is 0.160 e. The Hall–Kier alpha value is -0.870. The van der Waals surface area contributed by atoms with Crippen molar-refractivity contribution in [2.24, 2.45) is 5.92 Å². The van der Waals surface area contributed by atoms with Crippen LogP contribution in [0.5, 0.6) is 0 Å². The fraction of sp³-hybridized carbons (Fsp3) is 0.500. The van der Waals surface area contributed by atoms with Crippen LogP contribution in [0.2, 0.25) is 0 Å². The van der Waals surface area contributed by atoms with Crippen molar-refractivity contribution in [3.05, 3.63) is 16.3 Å². The van der Waals surface area contributed by atoms with E-state index in [0.717, 1.165) is 36.4 Å². The molecule has 1 aromatic rings. The molecule has 1 atom stereocenters. The van der Waals surface area contributed by atoms with E-state index in [1.165, 1.54) is 11.3 Å². The van der Waals surface area contributed by atoms with Crippen LogP contribution in [0.15, 0.2) is 11.4 Å². The average molecular weight is 211 g/mol. The van der Waals surface area contributed by atoms with Gasteiger partial charge in [-0.1, -0.05) is 0 Å². The number of aliphatic hydroxyl groups is 1. The van der Waals surface area contributed by atoms with Gasteiger partial charge in [-0.05, 0) is 12.5 Å². The number of carbonyl (C=O) groups excluding carboxylic acids is 1. The van der Waals surface area contributed by atoms with E-state index >= 15 is 0 Å². The number of hydrogen-bond acceptors (Lipinski definition) is 4. The fourth-order valence-electron chi connectivity index (χ4n) is 1.79. The summed E-state index contributed by atoms with van der Waals surface area (Å²) >= 11 is 1.47. The van der Waals surface area contributed by atoms with Crippen molar-refractivity contribution in [2.45, 2.75) is 6.42 Å². The molecule has 0 radical (unpaired) electrons. The van der Waals surface area contributed by atoms with Crippen molar-refractivity contribution < 1.29 is 9.90 Å². The van der Waals surface area contributed by atoms with Gasteiger partial charge in [0.05, 0.1) is 4.88 Å². The van der Waals surface area contributed by atoms with Crippen LogP contribution in [0.3, 0.4) is 0 Å². The third-order valence-corrected chi connectivity index (χ3v) is 3.48. The highest BCUT2D eigenvalue weighted by molar-refractivity contribution is 7.12. The van der Waals surface area contributed by atoms with Crippen LogP contribution >= 0.6 is 11.3 Å². The van der Waals surface area contributed by atoms with Crippen molar-refractivity contribution in [2.75, 3.05) is 24.6 Å². The summed E-state index contributed by atoms with van der Waals surface area (Å²) < 4.78 is 0. The van der Waals surface area contributed by atoms with E-state index in [2.05, 4.69) is 4.90 Å². The fourth-order valence-corrected chi connectivity index (χ4v) is 2.50. The molecule has 1 N–H and O–H groups in total. The van der Waals surface area contributed by atoms with Crippen molar-refractivity contribution in [3.63, 3.8) is 0 Å². The van der Waals surface area contributed by atoms with Gasteiger partial charge >= 0.3 is 0 Å². The standard InChI is InChI=1S/C10H13NO2S/c12-5-8-1-2-11(4-8)9-3-10(6-13)14-7-9/h3,6-8,12H,1-2,4-5H2.